The fourth-order valence-corrected chi connectivity index (χ4v) is 4.72. The highest BCUT2D eigenvalue weighted by molar-refractivity contribution is 7.14. The molecule has 2 aromatic rings. The van der Waals surface area contributed by atoms with Crippen molar-refractivity contribution in [2.75, 3.05) is 31.5 Å². The van der Waals surface area contributed by atoms with Gasteiger partial charge in [0, 0.05) is 16.7 Å². The van der Waals surface area contributed by atoms with Gasteiger partial charge in [-0.05, 0) is 45.4 Å². The summed E-state index contributed by atoms with van der Waals surface area (Å²) in [4.78, 5) is 9.53. The fourth-order valence-electron chi connectivity index (χ4n) is 3.00. The second kappa shape index (κ2) is 7.23. The highest BCUT2D eigenvalue weighted by atomic mass is 32.1. The number of nitrogens with zero attached hydrogens (tertiary/aromatic N) is 2. The molecule has 0 radical (unpaired) electrons. The molecular weight excluding hydrogens is 328 g/mol. The van der Waals surface area contributed by atoms with Gasteiger partial charge in [-0.2, -0.15) is 0 Å². The van der Waals surface area contributed by atoms with Crippen molar-refractivity contribution in [1.82, 2.24) is 25.9 Å². The number of rotatable bonds is 4. The van der Waals surface area contributed by atoms with Crippen LogP contribution in [0.5, 0.6) is 0 Å². The molecule has 0 aliphatic carbocycles. The van der Waals surface area contributed by atoms with Gasteiger partial charge in [-0.15, -0.1) is 22.7 Å². The molecule has 2 aliphatic rings. The molecule has 2 aromatic heterocycles. The summed E-state index contributed by atoms with van der Waals surface area (Å²) >= 11 is 3.41. The van der Waals surface area contributed by atoms with E-state index in [1.54, 1.807) is 22.7 Å². The van der Waals surface area contributed by atoms with Crippen LogP contribution in [-0.2, 0) is 0 Å². The Labute approximate surface area is 144 Å². The fraction of sp³-hybridized carbons (Fsp3) is 0.600. The quantitative estimate of drug-likeness (QED) is 0.676. The maximum absolute atomic E-state index is 4.84. The lowest BCUT2D eigenvalue weighted by Gasteiger charge is -2.25. The van der Waals surface area contributed by atoms with Gasteiger partial charge in [0.25, 0.3) is 0 Å². The Balaban J connectivity index is 1.43. The molecule has 2 aliphatic heterocycles. The van der Waals surface area contributed by atoms with Crippen molar-refractivity contribution in [2.45, 2.75) is 31.5 Å². The van der Waals surface area contributed by atoms with Crippen LogP contribution in [0.1, 0.15) is 30.2 Å². The highest BCUT2D eigenvalue weighted by Gasteiger charge is 2.20. The number of thiazole rings is 2. The zero-order chi connectivity index (χ0) is 15.5. The number of anilines is 1. The second-order valence-electron chi connectivity index (χ2n) is 5.97. The molecule has 8 heteroatoms. The molecule has 2 saturated heterocycles. The molecule has 4 rings (SSSR count). The molecule has 0 unspecified atom stereocenters. The summed E-state index contributed by atoms with van der Waals surface area (Å²) in [5.74, 6) is 0.613. The van der Waals surface area contributed by atoms with Crippen molar-refractivity contribution in [1.29, 1.82) is 0 Å². The van der Waals surface area contributed by atoms with Crippen LogP contribution in [0.3, 0.4) is 0 Å². The maximum Gasteiger partial charge on any atom is 0.185 e. The van der Waals surface area contributed by atoms with Crippen molar-refractivity contribution in [3.05, 3.63) is 15.8 Å². The van der Waals surface area contributed by atoms with Crippen molar-refractivity contribution in [2.24, 2.45) is 0 Å². The molecule has 0 amide bonds. The molecule has 4 heterocycles. The topological polar surface area (TPSA) is 73.9 Å². The van der Waals surface area contributed by atoms with Crippen LogP contribution < -0.4 is 21.3 Å². The average Bonchev–Trinajstić information content (AvgIpc) is 3.26. The van der Waals surface area contributed by atoms with E-state index in [9.17, 15) is 0 Å². The first-order chi connectivity index (χ1) is 11.4. The lowest BCUT2D eigenvalue weighted by atomic mass is 9.99. The lowest BCUT2D eigenvalue weighted by Crippen LogP contribution is -2.52. The van der Waals surface area contributed by atoms with Crippen LogP contribution in [0.25, 0.3) is 11.4 Å². The van der Waals surface area contributed by atoms with Crippen LogP contribution in [0.4, 0.5) is 5.13 Å². The molecule has 0 spiro atoms. The summed E-state index contributed by atoms with van der Waals surface area (Å²) < 4.78 is 0. The van der Waals surface area contributed by atoms with Gasteiger partial charge in [0.2, 0.25) is 0 Å². The second-order valence-corrected chi connectivity index (χ2v) is 7.72. The molecule has 4 N–H and O–H groups in total. The van der Waals surface area contributed by atoms with Gasteiger partial charge in [-0.3, -0.25) is 10.6 Å². The van der Waals surface area contributed by atoms with Crippen molar-refractivity contribution < 1.29 is 0 Å². The highest BCUT2D eigenvalue weighted by Crippen LogP contribution is 2.32. The van der Waals surface area contributed by atoms with E-state index in [0.29, 0.717) is 5.92 Å². The zero-order valence-electron chi connectivity index (χ0n) is 13.0. The lowest BCUT2D eigenvalue weighted by molar-refractivity contribution is 0.402. The van der Waals surface area contributed by atoms with Gasteiger partial charge in [0.15, 0.2) is 5.13 Å². The smallest absolute Gasteiger partial charge is 0.185 e. The molecule has 0 bridgehead atoms. The summed E-state index contributed by atoms with van der Waals surface area (Å²) in [6.45, 7) is 4.28. The van der Waals surface area contributed by atoms with Crippen molar-refractivity contribution in [3.8, 4) is 11.4 Å². The van der Waals surface area contributed by atoms with Crippen molar-refractivity contribution in [3.63, 3.8) is 0 Å². The van der Waals surface area contributed by atoms with Gasteiger partial charge in [-0.1, -0.05) is 0 Å². The molecule has 0 aromatic carbocycles. The minimum absolute atomic E-state index is 0.114. The minimum atomic E-state index is 0.114. The number of hydrogen-bond donors (Lipinski definition) is 4. The summed E-state index contributed by atoms with van der Waals surface area (Å²) in [5, 5.41) is 20.0. The molecule has 23 heavy (non-hydrogen) atoms. The molecule has 0 atom stereocenters. The Bertz CT molecular complexity index is 627. The summed E-state index contributed by atoms with van der Waals surface area (Å²) in [6.07, 6.45) is 3.66. The van der Waals surface area contributed by atoms with E-state index >= 15 is 0 Å². The summed E-state index contributed by atoms with van der Waals surface area (Å²) in [5.41, 5.74) is 1.99. The number of hydrogen-bond acceptors (Lipinski definition) is 8. The number of nitrogens with one attached hydrogen (secondary N) is 4. The average molecular weight is 351 g/mol. The first-order valence-electron chi connectivity index (χ1n) is 8.24. The number of aromatic nitrogens is 2. The number of piperidine rings is 1. The van der Waals surface area contributed by atoms with Gasteiger partial charge in [0.05, 0.1) is 5.01 Å². The third kappa shape index (κ3) is 3.72. The first-order valence-corrected chi connectivity index (χ1v) is 10.00. The monoisotopic (exact) mass is 350 g/mol. The van der Waals surface area contributed by atoms with Crippen LogP contribution >= 0.6 is 22.7 Å². The predicted octanol–water partition coefficient (Wildman–Crippen LogP) is 2.01. The van der Waals surface area contributed by atoms with Crippen LogP contribution in [0, 0.1) is 0 Å². The third-order valence-corrected chi connectivity index (χ3v) is 6.08. The molecular formula is C15H22N6S2. The van der Waals surface area contributed by atoms with Crippen LogP contribution in [-0.4, -0.2) is 42.4 Å². The Morgan fingerprint density at radius 1 is 0.957 bits per heavy atom. The first kappa shape index (κ1) is 15.5. The van der Waals surface area contributed by atoms with Gasteiger partial charge >= 0.3 is 0 Å². The van der Waals surface area contributed by atoms with Gasteiger partial charge in [0.1, 0.15) is 17.7 Å². The Kier molecular flexibility index (Phi) is 4.86. The third-order valence-electron chi connectivity index (χ3n) is 4.30. The predicted molar refractivity (Wildman–Crippen MR) is 96.1 cm³/mol. The minimum Gasteiger partial charge on any atom is -0.334 e. The van der Waals surface area contributed by atoms with Crippen molar-refractivity contribution >= 4 is 27.8 Å². The van der Waals surface area contributed by atoms with Crippen LogP contribution in [0.15, 0.2) is 10.8 Å². The Morgan fingerprint density at radius 3 is 2.52 bits per heavy atom. The van der Waals surface area contributed by atoms with Gasteiger partial charge in [-0.25, -0.2) is 9.97 Å². The van der Waals surface area contributed by atoms with E-state index in [4.69, 9.17) is 9.97 Å². The largest absolute Gasteiger partial charge is 0.334 e. The maximum atomic E-state index is 4.84. The molecule has 6 nitrogen and oxygen atoms in total. The van der Waals surface area contributed by atoms with E-state index in [0.717, 1.165) is 42.7 Å². The molecule has 2 fully saturated rings. The van der Waals surface area contributed by atoms with E-state index in [2.05, 4.69) is 32.0 Å². The SMILES string of the molecule is c1sc(NC2NCCCN2)nc1-c1csc(C2CCNCC2)n1. The van der Waals surface area contributed by atoms with E-state index < -0.39 is 0 Å². The van der Waals surface area contributed by atoms with E-state index in [-0.39, 0.29) is 6.29 Å². The molecule has 0 saturated carbocycles. The summed E-state index contributed by atoms with van der Waals surface area (Å²) in [6, 6.07) is 0. The van der Waals surface area contributed by atoms with E-state index in [1.165, 1.54) is 24.3 Å². The summed E-state index contributed by atoms with van der Waals surface area (Å²) in [7, 11) is 0. The standard InChI is InChI=1S/C15H22N6S2/c1-4-17-14(18-5-1)21-15-20-12(9-23-15)11-8-22-13(19-11)10-2-6-16-7-3-10/h8-10,14,16-18H,1-7H2,(H,20,21). The zero-order valence-corrected chi connectivity index (χ0v) is 14.6. The van der Waals surface area contributed by atoms with Gasteiger partial charge < -0.3 is 10.6 Å². The normalized spacial score (nSPS) is 20.7. The van der Waals surface area contributed by atoms with E-state index in [1.807, 2.05) is 0 Å². The Hall–Kier alpha value is -1.06. The van der Waals surface area contributed by atoms with Crippen LogP contribution in [0.2, 0.25) is 0 Å². The molecule has 124 valence electrons. The Morgan fingerprint density at radius 2 is 1.70 bits per heavy atom.